The van der Waals surface area contributed by atoms with Crippen molar-refractivity contribution in [2.45, 2.75) is 20.8 Å². The summed E-state index contributed by atoms with van der Waals surface area (Å²) < 4.78 is 10.6. The molecule has 0 fully saturated rings. The van der Waals surface area contributed by atoms with Gasteiger partial charge in [0, 0.05) is 11.3 Å². The highest BCUT2D eigenvalue weighted by Crippen LogP contribution is 2.29. The van der Waals surface area contributed by atoms with Crippen LogP contribution >= 0.6 is 0 Å². The van der Waals surface area contributed by atoms with E-state index in [-0.39, 0.29) is 5.97 Å². The van der Waals surface area contributed by atoms with Crippen LogP contribution in [0.5, 0.6) is 0 Å². The van der Waals surface area contributed by atoms with Gasteiger partial charge >= 0.3 is 5.97 Å². The second-order valence-corrected chi connectivity index (χ2v) is 5.11. The highest BCUT2D eigenvalue weighted by molar-refractivity contribution is 5.92. The third kappa shape index (κ3) is 2.88. The first-order valence-electron chi connectivity index (χ1n) is 7.35. The molecule has 0 unspecified atom stereocenters. The fourth-order valence-corrected chi connectivity index (χ4v) is 2.32. The maximum absolute atomic E-state index is 11.7. The number of ether oxygens (including phenoxy) is 1. The molecule has 3 rings (SSSR count). The van der Waals surface area contributed by atoms with Gasteiger partial charge in [0.1, 0.15) is 17.9 Å². The third-order valence-electron chi connectivity index (χ3n) is 3.62. The second-order valence-electron chi connectivity index (χ2n) is 5.11. The first-order valence-corrected chi connectivity index (χ1v) is 7.35. The summed E-state index contributed by atoms with van der Waals surface area (Å²) in [4.78, 5) is 20.1. The highest BCUT2D eigenvalue weighted by Gasteiger charge is 2.14. The van der Waals surface area contributed by atoms with Gasteiger partial charge in [0.15, 0.2) is 0 Å². The Balaban J connectivity index is 1.89. The summed E-state index contributed by atoms with van der Waals surface area (Å²) in [5.74, 6) is 1.17. The van der Waals surface area contributed by atoms with Gasteiger partial charge in [0.25, 0.3) is 0 Å². The van der Waals surface area contributed by atoms with Crippen molar-refractivity contribution >= 4 is 28.6 Å². The molecule has 0 radical (unpaired) electrons. The van der Waals surface area contributed by atoms with Crippen LogP contribution in [0.3, 0.4) is 0 Å². The van der Waals surface area contributed by atoms with Crippen LogP contribution in [0.4, 0.5) is 11.5 Å². The molecule has 0 bridgehead atoms. The number of furan rings is 1. The summed E-state index contributed by atoms with van der Waals surface area (Å²) in [5.41, 5.74) is 2.89. The summed E-state index contributed by atoms with van der Waals surface area (Å²) >= 11 is 0. The molecule has 0 atom stereocenters. The van der Waals surface area contributed by atoms with Crippen molar-refractivity contribution in [1.82, 2.24) is 9.97 Å². The number of benzene rings is 1. The number of fused-ring (bicyclic) bond motifs is 1. The maximum atomic E-state index is 11.7. The Morgan fingerprint density at radius 1 is 1.22 bits per heavy atom. The topological polar surface area (TPSA) is 77.2 Å². The molecule has 6 nitrogen and oxygen atoms in total. The fourth-order valence-electron chi connectivity index (χ4n) is 2.32. The van der Waals surface area contributed by atoms with Crippen molar-refractivity contribution in [3.8, 4) is 0 Å². The molecule has 0 aliphatic heterocycles. The van der Waals surface area contributed by atoms with Gasteiger partial charge in [-0.1, -0.05) is 0 Å². The number of aryl methyl sites for hydroxylation is 2. The van der Waals surface area contributed by atoms with E-state index in [0.29, 0.717) is 23.7 Å². The number of nitrogens with one attached hydrogen (secondary N) is 1. The number of rotatable bonds is 4. The molecule has 0 aliphatic rings. The van der Waals surface area contributed by atoms with Crippen molar-refractivity contribution in [2.75, 3.05) is 11.9 Å². The van der Waals surface area contributed by atoms with E-state index in [0.717, 1.165) is 22.4 Å². The number of aromatic nitrogens is 2. The van der Waals surface area contributed by atoms with Gasteiger partial charge in [-0.05, 0) is 45.0 Å². The molecular formula is C17H17N3O3. The quantitative estimate of drug-likeness (QED) is 0.739. The van der Waals surface area contributed by atoms with Gasteiger partial charge in [0.05, 0.1) is 17.6 Å². The maximum Gasteiger partial charge on any atom is 0.338 e. The molecule has 23 heavy (non-hydrogen) atoms. The average molecular weight is 311 g/mol. The zero-order chi connectivity index (χ0) is 16.4. The van der Waals surface area contributed by atoms with Gasteiger partial charge < -0.3 is 14.5 Å². The molecule has 0 spiro atoms. The van der Waals surface area contributed by atoms with E-state index in [1.807, 2.05) is 26.0 Å². The summed E-state index contributed by atoms with van der Waals surface area (Å²) in [6.45, 7) is 6.01. The summed E-state index contributed by atoms with van der Waals surface area (Å²) in [6.07, 6.45) is 1.46. The van der Waals surface area contributed by atoms with Crippen LogP contribution in [-0.4, -0.2) is 22.5 Å². The largest absolute Gasteiger partial charge is 0.462 e. The highest BCUT2D eigenvalue weighted by atomic mass is 16.5. The Bertz CT molecular complexity index is 853. The minimum atomic E-state index is -0.329. The predicted molar refractivity (Wildman–Crippen MR) is 87.0 cm³/mol. The molecule has 0 saturated carbocycles. The van der Waals surface area contributed by atoms with Crippen molar-refractivity contribution in [2.24, 2.45) is 0 Å². The first-order chi connectivity index (χ1) is 11.1. The molecule has 1 N–H and O–H groups in total. The molecular weight excluding hydrogens is 294 g/mol. The number of hydrogen-bond donors (Lipinski definition) is 1. The Morgan fingerprint density at radius 3 is 2.65 bits per heavy atom. The lowest BCUT2D eigenvalue weighted by Gasteiger charge is -2.07. The third-order valence-corrected chi connectivity index (χ3v) is 3.62. The van der Waals surface area contributed by atoms with E-state index >= 15 is 0 Å². The first kappa shape index (κ1) is 15.0. The van der Waals surface area contributed by atoms with E-state index in [1.54, 1.807) is 19.1 Å². The van der Waals surface area contributed by atoms with Crippen molar-refractivity contribution in [3.05, 3.63) is 47.5 Å². The molecule has 0 aliphatic carbocycles. The van der Waals surface area contributed by atoms with Crippen molar-refractivity contribution < 1.29 is 13.9 Å². The minimum absolute atomic E-state index is 0.329. The van der Waals surface area contributed by atoms with Crippen molar-refractivity contribution in [3.63, 3.8) is 0 Å². The van der Waals surface area contributed by atoms with Crippen LogP contribution in [0.1, 0.15) is 28.6 Å². The van der Waals surface area contributed by atoms with E-state index in [2.05, 4.69) is 15.3 Å². The fraction of sp³-hybridized carbons (Fsp3) is 0.235. The van der Waals surface area contributed by atoms with Crippen LogP contribution in [0, 0.1) is 13.8 Å². The molecule has 3 aromatic rings. The summed E-state index contributed by atoms with van der Waals surface area (Å²) in [6, 6.07) is 7.04. The van der Waals surface area contributed by atoms with Gasteiger partial charge in [-0.3, -0.25) is 0 Å². The smallest absolute Gasteiger partial charge is 0.338 e. The Kier molecular flexibility index (Phi) is 3.97. The lowest BCUT2D eigenvalue weighted by atomic mass is 10.2. The monoisotopic (exact) mass is 311 g/mol. The van der Waals surface area contributed by atoms with Gasteiger partial charge in [0.2, 0.25) is 5.71 Å². The molecule has 2 heterocycles. The SMILES string of the molecule is CCOC(=O)c1ccc(Nc2ncnc3oc(C)c(C)c23)cc1. The Hall–Kier alpha value is -2.89. The number of carbonyl (C=O) groups excluding carboxylic acids is 1. The molecule has 2 aromatic heterocycles. The summed E-state index contributed by atoms with van der Waals surface area (Å²) in [5, 5.41) is 4.10. The molecule has 0 amide bonds. The average Bonchev–Trinajstić information content (AvgIpc) is 2.84. The Morgan fingerprint density at radius 2 is 1.96 bits per heavy atom. The molecule has 118 valence electrons. The zero-order valence-electron chi connectivity index (χ0n) is 13.2. The van der Waals surface area contributed by atoms with Gasteiger partial charge in [-0.15, -0.1) is 0 Å². The van der Waals surface area contributed by atoms with Crippen LogP contribution in [0.15, 0.2) is 35.0 Å². The second kappa shape index (κ2) is 6.08. The van der Waals surface area contributed by atoms with E-state index < -0.39 is 0 Å². The molecule has 0 saturated heterocycles. The number of anilines is 2. The van der Waals surface area contributed by atoms with Crippen molar-refractivity contribution in [1.29, 1.82) is 0 Å². The lowest BCUT2D eigenvalue weighted by molar-refractivity contribution is 0.0526. The zero-order valence-corrected chi connectivity index (χ0v) is 13.2. The van der Waals surface area contributed by atoms with Gasteiger partial charge in [-0.25, -0.2) is 14.8 Å². The Labute approximate surface area is 133 Å². The normalized spacial score (nSPS) is 10.7. The number of hydrogen-bond acceptors (Lipinski definition) is 6. The van der Waals surface area contributed by atoms with E-state index in [9.17, 15) is 4.79 Å². The minimum Gasteiger partial charge on any atom is -0.462 e. The number of esters is 1. The van der Waals surface area contributed by atoms with E-state index in [1.165, 1.54) is 6.33 Å². The summed E-state index contributed by atoms with van der Waals surface area (Å²) in [7, 11) is 0. The predicted octanol–water partition coefficient (Wildman–Crippen LogP) is 3.76. The van der Waals surface area contributed by atoms with Crippen LogP contribution in [-0.2, 0) is 4.74 Å². The van der Waals surface area contributed by atoms with Crippen LogP contribution in [0.25, 0.3) is 11.1 Å². The van der Waals surface area contributed by atoms with Crippen LogP contribution in [0.2, 0.25) is 0 Å². The number of carbonyl (C=O) groups is 1. The van der Waals surface area contributed by atoms with Gasteiger partial charge in [-0.2, -0.15) is 0 Å². The van der Waals surface area contributed by atoms with E-state index in [4.69, 9.17) is 9.15 Å². The number of nitrogens with zero attached hydrogens (tertiary/aromatic N) is 2. The standard InChI is InChI=1S/C17H17N3O3/c1-4-22-17(21)12-5-7-13(8-6-12)20-15-14-10(2)11(3)23-16(14)19-9-18-15/h5-9H,4H2,1-3H3,(H,18,19,20). The molecule has 1 aromatic carbocycles. The van der Waals surface area contributed by atoms with Crippen LogP contribution < -0.4 is 5.32 Å². The molecule has 6 heteroatoms. The lowest BCUT2D eigenvalue weighted by Crippen LogP contribution is -2.04.